The van der Waals surface area contributed by atoms with Crippen molar-refractivity contribution < 1.29 is 4.79 Å². The van der Waals surface area contributed by atoms with Gasteiger partial charge in [0.05, 0.1) is 11.3 Å². The Labute approximate surface area is 152 Å². The number of aromatic nitrogens is 3. The molecule has 0 spiro atoms. The van der Waals surface area contributed by atoms with E-state index in [1.807, 2.05) is 6.92 Å². The first-order chi connectivity index (χ1) is 12.5. The lowest BCUT2D eigenvalue weighted by atomic mass is 10.1. The average molecular weight is 353 g/mol. The third kappa shape index (κ3) is 3.74. The van der Waals surface area contributed by atoms with Crippen molar-refractivity contribution in [3.63, 3.8) is 0 Å². The van der Waals surface area contributed by atoms with Gasteiger partial charge in [-0.25, -0.2) is 9.97 Å². The highest BCUT2D eigenvalue weighted by Crippen LogP contribution is 2.25. The van der Waals surface area contributed by atoms with Crippen LogP contribution in [0.15, 0.2) is 30.5 Å². The largest absolute Gasteiger partial charge is 0.368 e. The molecular formula is C18H23N7O. The minimum absolute atomic E-state index is 0.247. The Balaban J connectivity index is 1.88. The molecule has 0 aromatic carbocycles. The van der Waals surface area contributed by atoms with Gasteiger partial charge in [0.1, 0.15) is 11.6 Å². The van der Waals surface area contributed by atoms with Crippen molar-refractivity contribution in [1.82, 2.24) is 15.0 Å². The number of nitrogens with two attached hydrogens (primary N) is 2. The standard InChI is InChI=1S/C18H23N7O/c1-11(2)10-22-16-12-5-8-25(9-6-14(12)23-18(20)24-16)17-13(15(19)26)4-3-7-21-17/h3-4,7H,1,5-6,8-10H2,2H3,(H2,19,26)(H3,20,22,23,24). The van der Waals surface area contributed by atoms with Crippen LogP contribution in [0, 0.1) is 0 Å². The summed E-state index contributed by atoms with van der Waals surface area (Å²) in [5.74, 6) is 1.11. The topological polar surface area (TPSA) is 123 Å². The van der Waals surface area contributed by atoms with E-state index in [-0.39, 0.29) is 5.95 Å². The summed E-state index contributed by atoms with van der Waals surface area (Å²) >= 11 is 0. The van der Waals surface area contributed by atoms with Crippen molar-refractivity contribution in [3.8, 4) is 0 Å². The molecular weight excluding hydrogens is 330 g/mol. The molecule has 1 amide bonds. The molecule has 1 aliphatic rings. The van der Waals surface area contributed by atoms with Gasteiger partial charge in [-0.1, -0.05) is 12.2 Å². The zero-order valence-corrected chi connectivity index (χ0v) is 14.8. The van der Waals surface area contributed by atoms with Crippen molar-refractivity contribution in [2.45, 2.75) is 19.8 Å². The number of nitrogens with one attached hydrogen (secondary N) is 1. The maximum atomic E-state index is 11.7. The second-order valence-electron chi connectivity index (χ2n) is 6.39. The summed E-state index contributed by atoms with van der Waals surface area (Å²) in [7, 11) is 0. The second-order valence-corrected chi connectivity index (χ2v) is 6.39. The third-order valence-corrected chi connectivity index (χ3v) is 4.27. The van der Waals surface area contributed by atoms with Crippen LogP contribution in [0.4, 0.5) is 17.6 Å². The van der Waals surface area contributed by atoms with Gasteiger partial charge in [-0.05, 0) is 25.5 Å². The zero-order chi connectivity index (χ0) is 18.7. The number of hydrogen-bond acceptors (Lipinski definition) is 7. The van der Waals surface area contributed by atoms with Crippen LogP contribution in [0.3, 0.4) is 0 Å². The lowest BCUT2D eigenvalue weighted by Crippen LogP contribution is -2.29. The highest BCUT2D eigenvalue weighted by Gasteiger charge is 2.23. The molecule has 8 heteroatoms. The van der Waals surface area contributed by atoms with Crippen molar-refractivity contribution in [1.29, 1.82) is 0 Å². The number of amides is 1. The molecule has 3 heterocycles. The molecule has 0 saturated carbocycles. The van der Waals surface area contributed by atoms with E-state index in [2.05, 4.69) is 31.7 Å². The first-order valence-electron chi connectivity index (χ1n) is 8.49. The highest BCUT2D eigenvalue weighted by atomic mass is 16.1. The Morgan fingerprint density at radius 3 is 2.85 bits per heavy atom. The fraction of sp³-hybridized carbons (Fsp3) is 0.333. The van der Waals surface area contributed by atoms with Gasteiger partial charge >= 0.3 is 0 Å². The molecule has 2 aromatic rings. The summed E-state index contributed by atoms with van der Waals surface area (Å²) in [6.45, 7) is 7.82. The molecule has 3 rings (SSSR count). The monoisotopic (exact) mass is 353 g/mol. The van der Waals surface area contributed by atoms with E-state index in [4.69, 9.17) is 11.5 Å². The van der Waals surface area contributed by atoms with Crippen molar-refractivity contribution >= 4 is 23.5 Å². The van der Waals surface area contributed by atoms with Crippen LogP contribution < -0.4 is 21.7 Å². The van der Waals surface area contributed by atoms with Gasteiger partial charge in [0.25, 0.3) is 5.91 Å². The Bertz CT molecular complexity index is 849. The predicted octanol–water partition coefficient (Wildman–Crippen LogP) is 1.15. The van der Waals surface area contributed by atoms with Crippen LogP contribution in [0.25, 0.3) is 0 Å². The number of carbonyl (C=O) groups is 1. The molecule has 2 aromatic heterocycles. The number of fused-ring (bicyclic) bond motifs is 1. The van der Waals surface area contributed by atoms with E-state index >= 15 is 0 Å². The molecule has 8 nitrogen and oxygen atoms in total. The second kappa shape index (κ2) is 7.38. The number of nitrogen functional groups attached to an aromatic ring is 1. The van der Waals surface area contributed by atoms with Crippen LogP contribution in [-0.2, 0) is 12.8 Å². The molecule has 0 radical (unpaired) electrons. The first kappa shape index (κ1) is 17.7. The lowest BCUT2D eigenvalue weighted by molar-refractivity contribution is 0.100. The van der Waals surface area contributed by atoms with Crippen LogP contribution in [-0.4, -0.2) is 40.5 Å². The fourth-order valence-corrected chi connectivity index (χ4v) is 3.05. The smallest absolute Gasteiger partial charge is 0.252 e. The summed E-state index contributed by atoms with van der Waals surface area (Å²) in [6, 6.07) is 3.41. The van der Waals surface area contributed by atoms with Crippen LogP contribution in [0.2, 0.25) is 0 Å². The van der Waals surface area contributed by atoms with Crippen LogP contribution >= 0.6 is 0 Å². The summed E-state index contributed by atoms with van der Waals surface area (Å²) in [4.78, 5) is 26.9. The first-order valence-corrected chi connectivity index (χ1v) is 8.49. The molecule has 0 atom stereocenters. The van der Waals surface area contributed by atoms with E-state index in [9.17, 15) is 4.79 Å². The van der Waals surface area contributed by atoms with E-state index in [0.29, 0.717) is 43.9 Å². The summed E-state index contributed by atoms with van der Waals surface area (Å²) in [5.41, 5.74) is 14.8. The van der Waals surface area contributed by atoms with Gasteiger partial charge < -0.3 is 21.7 Å². The molecule has 0 bridgehead atoms. The minimum Gasteiger partial charge on any atom is -0.368 e. The van der Waals surface area contributed by atoms with Gasteiger partial charge in [0, 0.05) is 37.8 Å². The highest BCUT2D eigenvalue weighted by molar-refractivity contribution is 5.97. The number of carbonyl (C=O) groups excluding carboxylic acids is 1. The average Bonchev–Trinajstić information content (AvgIpc) is 2.82. The maximum absolute atomic E-state index is 11.7. The molecule has 0 saturated heterocycles. The normalized spacial score (nSPS) is 13.7. The Hall–Kier alpha value is -3.16. The number of nitrogens with zero attached hydrogens (tertiary/aromatic N) is 4. The molecule has 26 heavy (non-hydrogen) atoms. The van der Waals surface area contributed by atoms with Gasteiger partial charge in [-0.2, -0.15) is 4.98 Å². The van der Waals surface area contributed by atoms with E-state index in [0.717, 1.165) is 22.6 Å². The van der Waals surface area contributed by atoms with Crippen molar-refractivity contribution in [2.24, 2.45) is 5.73 Å². The number of rotatable bonds is 5. The van der Waals surface area contributed by atoms with Gasteiger partial charge in [-0.15, -0.1) is 0 Å². The van der Waals surface area contributed by atoms with E-state index in [1.165, 1.54) is 0 Å². The summed E-state index contributed by atoms with van der Waals surface area (Å²) in [5, 5.41) is 3.29. The number of primary amides is 1. The predicted molar refractivity (Wildman–Crippen MR) is 102 cm³/mol. The number of hydrogen-bond donors (Lipinski definition) is 3. The van der Waals surface area contributed by atoms with Gasteiger partial charge in [0.2, 0.25) is 5.95 Å². The Kier molecular flexibility index (Phi) is 5.01. The van der Waals surface area contributed by atoms with Crippen LogP contribution in [0.5, 0.6) is 0 Å². The van der Waals surface area contributed by atoms with Gasteiger partial charge in [-0.3, -0.25) is 4.79 Å². The maximum Gasteiger partial charge on any atom is 0.252 e. The van der Waals surface area contributed by atoms with E-state index in [1.54, 1.807) is 18.3 Å². The van der Waals surface area contributed by atoms with Crippen LogP contribution in [0.1, 0.15) is 28.5 Å². The van der Waals surface area contributed by atoms with Gasteiger partial charge in [0.15, 0.2) is 0 Å². The Morgan fingerprint density at radius 1 is 1.35 bits per heavy atom. The minimum atomic E-state index is -0.484. The molecule has 5 N–H and O–H groups in total. The fourth-order valence-electron chi connectivity index (χ4n) is 3.05. The molecule has 0 fully saturated rings. The SMILES string of the molecule is C=C(C)CNc1nc(N)nc2c1CCN(c1ncccc1C(N)=O)CC2. The molecule has 0 aliphatic carbocycles. The molecule has 0 unspecified atom stereocenters. The lowest BCUT2D eigenvalue weighted by Gasteiger charge is -2.22. The summed E-state index contributed by atoms with van der Waals surface area (Å²) in [6.07, 6.45) is 3.05. The van der Waals surface area contributed by atoms with Crippen molar-refractivity contribution in [3.05, 3.63) is 47.3 Å². The quantitative estimate of drug-likeness (QED) is 0.689. The van der Waals surface area contributed by atoms with Crippen molar-refractivity contribution in [2.75, 3.05) is 35.6 Å². The zero-order valence-electron chi connectivity index (χ0n) is 14.8. The van der Waals surface area contributed by atoms with E-state index < -0.39 is 5.91 Å². The number of pyridine rings is 1. The Morgan fingerprint density at radius 2 is 2.12 bits per heavy atom. The third-order valence-electron chi connectivity index (χ3n) is 4.27. The summed E-state index contributed by atoms with van der Waals surface area (Å²) < 4.78 is 0. The number of anilines is 3. The molecule has 136 valence electrons. The molecule has 1 aliphatic heterocycles.